The molecule has 1 heterocycles. The van der Waals surface area contributed by atoms with Gasteiger partial charge < -0.3 is 4.74 Å². The van der Waals surface area contributed by atoms with Crippen LogP contribution in [0.2, 0.25) is 0 Å². The Morgan fingerprint density at radius 1 is 1.26 bits per heavy atom. The summed E-state index contributed by atoms with van der Waals surface area (Å²) in [5.74, 6) is -0.259. The van der Waals surface area contributed by atoms with Gasteiger partial charge >= 0.3 is 6.09 Å². The predicted octanol–water partition coefficient (Wildman–Crippen LogP) is 4.34. The lowest BCUT2D eigenvalue weighted by Gasteiger charge is -2.29. The van der Waals surface area contributed by atoms with Crippen LogP contribution >= 0.6 is 15.9 Å². The van der Waals surface area contributed by atoms with E-state index in [0.717, 1.165) is 21.6 Å². The Hall–Kier alpha value is -3.23. The predicted molar refractivity (Wildman–Crippen MR) is 131 cm³/mol. The fraction of sp³-hybridized carbons (Fsp3) is 0.304. The zero-order chi connectivity index (χ0) is 25.4. The summed E-state index contributed by atoms with van der Waals surface area (Å²) in [6.45, 7) is 8.22. The zero-order valence-electron chi connectivity index (χ0n) is 19.3. The van der Waals surface area contributed by atoms with Gasteiger partial charge in [0.25, 0.3) is 5.56 Å². The molecule has 3 rings (SSSR count). The molecular formula is C23H23BrN4O5S. The number of hydrogen-bond donors (Lipinski definition) is 0. The third kappa shape index (κ3) is 4.98. The van der Waals surface area contributed by atoms with Crippen molar-refractivity contribution in [3.63, 3.8) is 0 Å². The van der Waals surface area contributed by atoms with E-state index >= 15 is 0 Å². The monoisotopic (exact) mass is 546 g/mol. The number of hydrogen-bond acceptors (Lipinski definition) is 7. The summed E-state index contributed by atoms with van der Waals surface area (Å²) in [5, 5.41) is 10.4. The Kier molecular flexibility index (Phi) is 6.87. The maximum Gasteiger partial charge on any atom is 0.434 e. The fourth-order valence-electron chi connectivity index (χ4n) is 3.16. The Labute approximate surface area is 205 Å². The highest BCUT2D eigenvalue weighted by Gasteiger charge is 2.31. The lowest BCUT2D eigenvalue weighted by Crippen LogP contribution is -2.46. The van der Waals surface area contributed by atoms with Crippen molar-refractivity contribution in [2.45, 2.75) is 45.1 Å². The van der Waals surface area contributed by atoms with E-state index in [-0.39, 0.29) is 27.3 Å². The van der Waals surface area contributed by atoms with Gasteiger partial charge in [0.2, 0.25) is 0 Å². The molecule has 0 aliphatic heterocycles. The number of carbonyl (C=O) groups excluding carboxylic acids is 1. The second kappa shape index (κ2) is 9.19. The first-order chi connectivity index (χ1) is 15.8. The fourth-order valence-corrected chi connectivity index (χ4v) is 4.55. The highest BCUT2D eigenvalue weighted by molar-refractivity contribution is 9.10. The SMILES string of the molecule is CCS(=O)(=O)c1ccc(C#N)cc1N(C(=O)OC(C)(C)C)n1cnc2cc(C)c(Br)cc2c1=O. The molecule has 1 aromatic heterocycles. The summed E-state index contributed by atoms with van der Waals surface area (Å²) in [7, 11) is -3.85. The molecule has 0 radical (unpaired) electrons. The number of amides is 1. The van der Waals surface area contributed by atoms with E-state index in [1.807, 2.05) is 13.0 Å². The number of sulfone groups is 1. The Balaban J connectivity index is 2.41. The summed E-state index contributed by atoms with van der Waals surface area (Å²) < 4.78 is 32.8. The number of ether oxygens (including phenoxy) is 1. The Morgan fingerprint density at radius 3 is 2.53 bits per heavy atom. The van der Waals surface area contributed by atoms with Crippen molar-refractivity contribution in [2.24, 2.45) is 0 Å². The van der Waals surface area contributed by atoms with Gasteiger partial charge in [-0.3, -0.25) is 4.79 Å². The van der Waals surface area contributed by atoms with E-state index in [1.165, 1.54) is 25.1 Å². The smallest absolute Gasteiger partial charge is 0.434 e. The highest BCUT2D eigenvalue weighted by Crippen LogP contribution is 2.30. The molecular weight excluding hydrogens is 524 g/mol. The number of aryl methyl sites for hydroxylation is 1. The minimum Gasteiger partial charge on any atom is -0.442 e. The summed E-state index contributed by atoms with van der Waals surface area (Å²) in [5.41, 5.74) is -0.417. The van der Waals surface area contributed by atoms with Crippen LogP contribution in [0.4, 0.5) is 10.5 Å². The van der Waals surface area contributed by atoms with E-state index < -0.39 is 27.1 Å². The van der Waals surface area contributed by atoms with Crippen LogP contribution in [0.5, 0.6) is 0 Å². The van der Waals surface area contributed by atoms with Crippen molar-refractivity contribution in [1.29, 1.82) is 5.26 Å². The number of carbonyl (C=O) groups is 1. The van der Waals surface area contributed by atoms with Gasteiger partial charge in [0, 0.05) is 4.47 Å². The molecule has 2 aromatic carbocycles. The maximum absolute atomic E-state index is 13.5. The standard InChI is InChI=1S/C23H23BrN4O5S/c1-6-34(31,32)20-8-7-15(12-25)10-19(20)28(22(30)33-23(3,4)5)27-13-26-18-9-14(2)17(24)11-16(18)21(27)29/h7-11,13H,6H2,1-5H3. The third-order valence-corrected chi connectivity index (χ3v) is 7.46. The molecule has 0 saturated heterocycles. The molecule has 0 spiro atoms. The first-order valence-electron chi connectivity index (χ1n) is 10.3. The zero-order valence-corrected chi connectivity index (χ0v) is 21.7. The average molecular weight is 547 g/mol. The number of anilines is 1. The van der Waals surface area contributed by atoms with E-state index in [9.17, 15) is 23.3 Å². The second-order valence-electron chi connectivity index (χ2n) is 8.50. The first-order valence-corrected chi connectivity index (χ1v) is 12.7. The molecule has 0 bridgehead atoms. The van der Waals surface area contributed by atoms with Crippen molar-refractivity contribution < 1.29 is 17.9 Å². The van der Waals surface area contributed by atoms with Crippen LogP contribution < -0.4 is 10.6 Å². The van der Waals surface area contributed by atoms with Crippen LogP contribution in [0.1, 0.15) is 38.8 Å². The molecule has 0 aliphatic carbocycles. The van der Waals surface area contributed by atoms with Gasteiger partial charge in [-0.15, -0.1) is 0 Å². The number of aromatic nitrogens is 2. The molecule has 0 atom stereocenters. The number of fused-ring (bicyclic) bond motifs is 1. The molecule has 178 valence electrons. The van der Waals surface area contributed by atoms with Crippen molar-refractivity contribution in [3.05, 3.63) is 62.6 Å². The lowest BCUT2D eigenvalue weighted by molar-refractivity contribution is 0.0561. The normalized spacial score (nSPS) is 11.8. The van der Waals surface area contributed by atoms with E-state index in [0.29, 0.717) is 9.99 Å². The van der Waals surface area contributed by atoms with Gasteiger partial charge in [0.1, 0.15) is 11.9 Å². The molecule has 0 saturated carbocycles. The largest absolute Gasteiger partial charge is 0.442 e. The van der Waals surface area contributed by atoms with E-state index in [4.69, 9.17) is 4.74 Å². The minimum atomic E-state index is -3.85. The Bertz CT molecular complexity index is 1500. The quantitative estimate of drug-likeness (QED) is 0.476. The summed E-state index contributed by atoms with van der Waals surface area (Å²) in [4.78, 5) is 30.9. The number of rotatable bonds is 4. The number of nitrogens with zero attached hydrogens (tertiary/aromatic N) is 4. The second-order valence-corrected chi connectivity index (χ2v) is 11.6. The third-order valence-electron chi connectivity index (χ3n) is 4.83. The first kappa shape index (κ1) is 25.4. The van der Waals surface area contributed by atoms with Crippen molar-refractivity contribution >= 4 is 48.5 Å². The minimum absolute atomic E-state index is 0.0961. The molecule has 9 nitrogen and oxygen atoms in total. The van der Waals surface area contributed by atoms with Crippen LogP contribution in [-0.2, 0) is 14.6 Å². The van der Waals surface area contributed by atoms with Crippen LogP contribution in [0.15, 0.2) is 50.8 Å². The lowest BCUT2D eigenvalue weighted by atomic mass is 10.2. The molecule has 11 heteroatoms. The summed E-state index contributed by atoms with van der Waals surface area (Å²) >= 11 is 3.40. The summed E-state index contributed by atoms with van der Waals surface area (Å²) in [6.07, 6.45) is 0.119. The van der Waals surface area contributed by atoms with Crippen molar-refractivity contribution in [2.75, 3.05) is 10.8 Å². The van der Waals surface area contributed by atoms with Gasteiger partial charge in [0.15, 0.2) is 9.84 Å². The van der Waals surface area contributed by atoms with Crippen molar-refractivity contribution in [1.82, 2.24) is 9.66 Å². The molecule has 0 unspecified atom stereocenters. The van der Waals surface area contributed by atoms with Gasteiger partial charge in [-0.1, -0.05) is 22.9 Å². The number of halogens is 1. The van der Waals surface area contributed by atoms with Crippen LogP contribution in [0, 0.1) is 18.3 Å². The molecule has 0 aliphatic rings. The van der Waals surface area contributed by atoms with Gasteiger partial charge in [-0.25, -0.2) is 18.2 Å². The summed E-state index contributed by atoms with van der Waals surface area (Å²) in [6, 6.07) is 9.03. The average Bonchev–Trinajstić information content (AvgIpc) is 2.75. The number of nitriles is 1. The van der Waals surface area contributed by atoms with Crippen LogP contribution in [-0.4, -0.2) is 35.5 Å². The molecule has 0 fully saturated rings. The van der Waals surface area contributed by atoms with E-state index in [1.54, 1.807) is 32.9 Å². The van der Waals surface area contributed by atoms with E-state index in [2.05, 4.69) is 20.9 Å². The topological polar surface area (TPSA) is 122 Å². The van der Waals surface area contributed by atoms with Gasteiger partial charge in [-0.2, -0.15) is 14.9 Å². The van der Waals surface area contributed by atoms with Crippen molar-refractivity contribution in [3.8, 4) is 6.07 Å². The molecule has 34 heavy (non-hydrogen) atoms. The maximum atomic E-state index is 13.5. The van der Waals surface area contributed by atoms with Gasteiger partial charge in [0.05, 0.1) is 38.9 Å². The van der Waals surface area contributed by atoms with Crippen LogP contribution in [0.3, 0.4) is 0 Å². The van der Waals surface area contributed by atoms with Crippen LogP contribution in [0.25, 0.3) is 10.9 Å². The molecule has 3 aromatic rings. The molecule has 0 N–H and O–H groups in total. The Morgan fingerprint density at radius 2 is 1.94 bits per heavy atom. The molecule has 1 amide bonds. The van der Waals surface area contributed by atoms with Gasteiger partial charge in [-0.05, 0) is 63.6 Å². The number of benzene rings is 2. The highest BCUT2D eigenvalue weighted by atomic mass is 79.9.